The highest BCUT2D eigenvalue weighted by atomic mass is 16.2. The molecule has 114 valence electrons. The fraction of sp³-hybridized carbons (Fsp3) is 0.875. The Kier molecular flexibility index (Phi) is 4.12. The normalized spacial score (nSPS) is 29.1. The molecule has 4 heteroatoms. The molecule has 2 aliphatic rings. The zero-order chi connectivity index (χ0) is 15.1. The first-order valence-corrected chi connectivity index (χ1v) is 7.93. The summed E-state index contributed by atoms with van der Waals surface area (Å²) in [6, 6.07) is -0.637. The lowest BCUT2D eigenvalue weighted by Gasteiger charge is -2.43. The van der Waals surface area contributed by atoms with E-state index in [2.05, 4.69) is 19.2 Å². The van der Waals surface area contributed by atoms with Crippen molar-refractivity contribution in [3.63, 3.8) is 0 Å². The molecule has 2 fully saturated rings. The molecular formula is C16H28N2O2. The second kappa shape index (κ2) is 5.38. The molecule has 1 saturated heterocycles. The summed E-state index contributed by atoms with van der Waals surface area (Å²) in [5.74, 6) is 0.844. The molecule has 2 amide bonds. The summed E-state index contributed by atoms with van der Waals surface area (Å²) in [5, 5.41) is 2.88. The van der Waals surface area contributed by atoms with Crippen LogP contribution in [0.5, 0.6) is 0 Å². The van der Waals surface area contributed by atoms with Crippen molar-refractivity contribution in [1.82, 2.24) is 10.2 Å². The van der Waals surface area contributed by atoms with Gasteiger partial charge < -0.3 is 10.2 Å². The quantitative estimate of drug-likeness (QED) is 0.839. The number of amides is 2. The first-order valence-electron chi connectivity index (χ1n) is 7.93. The standard InChI is InChI=1S/C16H28N2O2/c1-6-12-15(20)18(9-16(7-8-16)11(4)5)13(10(2)3)14(19)17-12/h10-13H,6-9H2,1-5H3,(H,17,19). The molecule has 4 nitrogen and oxygen atoms in total. The maximum atomic E-state index is 12.7. The van der Waals surface area contributed by atoms with Gasteiger partial charge in [-0.1, -0.05) is 34.6 Å². The van der Waals surface area contributed by atoms with Gasteiger partial charge in [-0.3, -0.25) is 9.59 Å². The molecule has 1 N–H and O–H groups in total. The van der Waals surface area contributed by atoms with Crippen LogP contribution in [0.4, 0.5) is 0 Å². The number of carbonyl (C=O) groups excluding carboxylic acids is 2. The predicted molar refractivity (Wildman–Crippen MR) is 79.1 cm³/mol. The Hall–Kier alpha value is -1.06. The van der Waals surface area contributed by atoms with Crippen molar-refractivity contribution in [3.05, 3.63) is 0 Å². The maximum Gasteiger partial charge on any atom is 0.245 e. The van der Waals surface area contributed by atoms with E-state index in [1.54, 1.807) is 0 Å². The molecule has 0 bridgehead atoms. The van der Waals surface area contributed by atoms with Crippen LogP contribution in [0.3, 0.4) is 0 Å². The molecule has 1 aliphatic heterocycles. The summed E-state index contributed by atoms with van der Waals surface area (Å²) in [6.07, 6.45) is 3.02. The van der Waals surface area contributed by atoms with E-state index in [0.717, 1.165) is 6.54 Å². The van der Waals surface area contributed by atoms with Crippen LogP contribution in [0.15, 0.2) is 0 Å². The van der Waals surface area contributed by atoms with Gasteiger partial charge >= 0.3 is 0 Å². The van der Waals surface area contributed by atoms with Crippen molar-refractivity contribution >= 4 is 11.8 Å². The Balaban J connectivity index is 2.23. The van der Waals surface area contributed by atoms with E-state index in [4.69, 9.17) is 0 Å². The fourth-order valence-corrected chi connectivity index (χ4v) is 3.33. The van der Waals surface area contributed by atoms with Gasteiger partial charge in [0.05, 0.1) is 0 Å². The summed E-state index contributed by atoms with van der Waals surface area (Å²) in [4.78, 5) is 26.9. The zero-order valence-corrected chi connectivity index (χ0v) is 13.4. The number of piperazine rings is 1. The molecule has 0 aromatic carbocycles. The number of rotatable bonds is 5. The SMILES string of the molecule is CCC1NC(=O)C(C(C)C)N(CC2(C(C)C)CC2)C1=O. The van der Waals surface area contributed by atoms with Gasteiger partial charge in [0.1, 0.15) is 12.1 Å². The molecule has 1 aliphatic carbocycles. The maximum absolute atomic E-state index is 12.7. The van der Waals surface area contributed by atoms with Crippen LogP contribution < -0.4 is 5.32 Å². The largest absolute Gasteiger partial charge is 0.343 e. The van der Waals surface area contributed by atoms with Gasteiger partial charge in [-0.2, -0.15) is 0 Å². The van der Waals surface area contributed by atoms with Gasteiger partial charge in [-0.05, 0) is 36.5 Å². The van der Waals surface area contributed by atoms with Crippen LogP contribution in [0.2, 0.25) is 0 Å². The van der Waals surface area contributed by atoms with E-state index in [1.165, 1.54) is 12.8 Å². The third-order valence-electron chi connectivity index (χ3n) is 5.14. The van der Waals surface area contributed by atoms with E-state index in [0.29, 0.717) is 12.3 Å². The minimum Gasteiger partial charge on any atom is -0.343 e. The van der Waals surface area contributed by atoms with E-state index in [-0.39, 0.29) is 35.2 Å². The molecule has 2 unspecified atom stereocenters. The number of nitrogens with zero attached hydrogens (tertiary/aromatic N) is 1. The topological polar surface area (TPSA) is 49.4 Å². The molecule has 0 aromatic rings. The fourth-order valence-electron chi connectivity index (χ4n) is 3.33. The molecule has 1 saturated carbocycles. The Labute approximate surface area is 122 Å². The lowest BCUT2D eigenvalue weighted by Crippen LogP contribution is -2.65. The number of hydrogen-bond donors (Lipinski definition) is 1. The number of nitrogens with one attached hydrogen (secondary N) is 1. The van der Waals surface area contributed by atoms with Crippen LogP contribution in [-0.2, 0) is 9.59 Å². The van der Waals surface area contributed by atoms with Crippen LogP contribution in [0, 0.1) is 17.3 Å². The molecule has 1 heterocycles. The van der Waals surface area contributed by atoms with Crippen LogP contribution in [-0.4, -0.2) is 35.3 Å². The second-order valence-corrected chi connectivity index (χ2v) is 7.14. The van der Waals surface area contributed by atoms with Crippen LogP contribution in [0.25, 0.3) is 0 Å². The van der Waals surface area contributed by atoms with E-state index < -0.39 is 0 Å². The first-order chi connectivity index (χ1) is 9.32. The highest BCUT2D eigenvalue weighted by Crippen LogP contribution is 2.52. The Morgan fingerprint density at radius 2 is 1.85 bits per heavy atom. The van der Waals surface area contributed by atoms with Crippen LogP contribution >= 0.6 is 0 Å². The molecule has 0 aromatic heterocycles. The summed E-state index contributed by atoms with van der Waals surface area (Å²) >= 11 is 0. The van der Waals surface area contributed by atoms with Crippen molar-refractivity contribution < 1.29 is 9.59 Å². The van der Waals surface area contributed by atoms with E-state index >= 15 is 0 Å². The minimum absolute atomic E-state index is 0.0195. The summed E-state index contributed by atoms with van der Waals surface area (Å²) in [7, 11) is 0. The van der Waals surface area contributed by atoms with Crippen LogP contribution in [0.1, 0.15) is 53.9 Å². The highest BCUT2D eigenvalue weighted by molar-refractivity contribution is 5.97. The average Bonchev–Trinajstić information content (AvgIpc) is 3.14. The molecule has 0 radical (unpaired) electrons. The molecular weight excluding hydrogens is 252 g/mol. The highest BCUT2D eigenvalue weighted by Gasteiger charge is 2.51. The Morgan fingerprint density at radius 1 is 1.25 bits per heavy atom. The van der Waals surface area contributed by atoms with E-state index in [1.807, 2.05) is 25.7 Å². The van der Waals surface area contributed by atoms with Gasteiger partial charge in [0.25, 0.3) is 0 Å². The Bertz CT molecular complexity index is 399. The second-order valence-electron chi connectivity index (χ2n) is 7.14. The van der Waals surface area contributed by atoms with E-state index in [9.17, 15) is 9.59 Å². The molecule has 2 rings (SSSR count). The first kappa shape index (κ1) is 15.3. The third kappa shape index (κ3) is 2.57. The number of hydrogen-bond acceptors (Lipinski definition) is 2. The minimum atomic E-state index is -0.333. The predicted octanol–water partition coefficient (Wildman–Crippen LogP) is 2.18. The van der Waals surface area contributed by atoms with Gasteiger partial charge in [0, 0.05) is 6.54 Å². The monoisotopic (exact) mass is 280 g/mol. The van der Waals surface area contributed by atoms with Crippen molar-refractivity contribution in [2.45, 2.75) is 66.0 Å². The smallest absolute Gasteiger partial charge is 0.245 e. The zero-order valence-electron chi connectivity index (χ0n) is 13.4. The summed E-state index contributed by atoms with van der Waals surface area (Å²) in [5.41, 5.74) is 0.249. The summed E-state index contributed by atoms with van der Waals surface area (Å²) < 4.78 is 0. The number of carbonyl (C=O) groups is 2. The van der Waals surface area contributed by atoms with Crippen molar-refractivity contribution in [1.29, 1.82) is 0 Å². The molecule has 0 spiro atoms. The van der Waals surface area contributed by atoms with Crippen molar-refractivity contribution in [2.24, 2.45) is 17.3 Å². The molecule has 20 heavy (non-hydrogen) atoms. The lowest BCUT2D eigenvalue weighted by molar-refractivity contribution is -0.152. The van der Waals surface area contributed by atoms with Crippen molar-refractivity contribution in [2.75, 3.05) is 6.54 Å². The van der Waals surface area contributed by atoms with Crippen molar-refractivity contribution in [3.8, 4) is 0 Å². The Morgan fingerprint density at radius 3 is 2.25 bits per heavy atom. The van der Waals surface area contributed by atoms with Gasteiger partial charge in [-0.25, -0.2) is 0 Å². The molecule has 2 atom stereocenters. The summed E-state index contributed by atoms with van der Waals surface area (Å²) in [6.45, 7) is 11.2. The van der Waals surface area contributed by atoms with Gasteiger partial charge in [0.2, 0.25) is 11.8 Å². The average molecular weight is 280 g/mol. The van der Waals surface area contributed by atoms with Gasteiger partial charge in [0.15, 0.2) is 0 Å². The third-order valence-corrected chi connectivity index (χ3v) is 5.14. The lowest BCUT2D eigenvalue weighted by atomic mass is 9.88. The van der Waals surface area contributed by atoms with Gasteiger partial charge in [-0.15, -0.1) is 0 Å².